The van der Waals surface area contributed by atoms with E-state index in [1.54, 1.807) is 0 Å². The molecule has 8 N–H and O–H groups in total. The second-order valence-corrected chi connectivity index (χ2v) is 3.36. The number of nitrogens with zero attached hydrogens (tertiary/aromatic N) is 2. The first-order valence-corrected chi connectivity index (χ1v) is 4.04. The third-order valence-corrected chi connectivity index (χ3v) is 1.79. The summed E-state index contributed by atoms with van der Waals surface area (Å²) in [5, 5.41) is 20.7. The zero-order chi connectivity index (χ0) is 12.3. The van der Waals surface area contributed by atoms with E-state index >= 15 is 0 Å². The molecule has 0 radical (unpaired) electrons. The molecule has 0 aliphatic rings. The minimum Gasteiger partial charge on any atom is -0.301 e. The summed E-state index contributed by atoms with van der Waals surface area (Å²) in [7, 11) is 0. The molecule has 0 spiro atoms. The Morgan fingerprint density at radius 3 is 1.60 bits per heavy atom. The fourth-order valence-electron chi connectivity index (χ4n) is 0.904. The normalized spacial score (nSPS) is 12.5. The van der Waals surface area contributed by atoms with Gasteiger partial charge in [0.2, 0.25) is 0 Å². The summed E-state index contributed by atoms with van der Waals surface area (Å²) in [4.78, 5) is 18.4. The van der Waals surface area contributed by atoms with Crippen molar-refractivity contribution in [2.75, 3.05) is 0 Å². The molecule has 0 unspecified atom stereocenters. The molecule has 0 fully saturated rings. The highest BCUT2D eigenvalue weighted by atomic mass is 16.7. The van der Waals surface area contributed by atoms with Gasteiger partial charge in [-0.2, -0.15) is 5.73 Å². The topological polar surface area (TPSA) is 190 Å². The van der Waals surface area contributed by atoms with Crippen LogP contribution in [-0.4, -0.2) is 21.4 Å². The maximum atomic E-state index is 10.4. The lowest BCUT2D eigenvalue weighted by molar-refractivity contribution is -0.797. The van der Waals surface area contributed by atoms with Crippen LogP contribution in [0.15, 0.2) is 0 Å². The van der Waals surface area contributed by atoms with Gasteiger partial charge in [0, 0.05) is 0 Å². The van der Waals surface area contributed by atoms with Crippen LogP contribution in [0.3, 0.4) is 0 Å². The van der Waals surface area contributed by atoms with Crippen molar-refractivity contribution in [1.29, 1.82) is 0 Å². The molecule has 10 nitrogen and oxygen atoms in total. The van der Waals surface area contributed by atoms with Gasteiger partial charge >= 0.3 is 5.79 Å². The first-order valence-electron chi connectivity index (χ1n) is 4.04. The molecule has 0 bridgehead atoms. The van der Waals surface area contributed by atoms with Gasteiger partial charge in [0.05, 0.1) is 0 Å². The van der Waals surface area contributed by atoms with Gasteiger partial charge in [-0.05, 0) is 12.8 Å². The van der Waals surface area contributed by atoms with Gasteiger partial charge in [-0.1, -0.05) is 0 Å². The standard InChI is InChI=1S/C5H14N6O4/c6-4(7,8)2-1-3-5(9,10(12)13)11(14)15/h1-3,6-9H2. The van der Waals surface area contributed by atoms with Crippen molar-refractivity contribution in [2.45, 2.75) is 30.8 Å². The Balaban J connectivity index is 4.34. The quantitative estimate of drug-likeness (QED) is 0.222. The Bertz CT molecular complexity index is 247. The van der Waals surface area contributed by atoms with E-state index in [-0.39, 0.29) is 12.8 Å². The molecule has 0 rings (SSSR count). The number of nitro groups is 2. The van der Waals surface area contributed by atoms with Crippen LogP contribution >= 0.6 is 0 Å². The lowest BCUT2D eigenvalue weighted by Crippen LogP contribution is -2.59. The fourth-order valence-corrected chi connectivity index (χ4v) is 0.904. The lowest BCUT2D eigenvalue weighted by Gasteiger charge is -2.18. The van der Waals surface area contributed by atoms with Crippen molar-refractivity contribution in [2.24, 2.45) is 22.9 Å². The molecule has 0 atom stereocenters. The van der Waals surface area contributed by atoms with E-state index < -0.39 is 27.8 Å². The van der Waals surface area contributed by atoms with E-state index in [4.69, 9.17) is 22.9 Å². The third kappa shape index (κ3) is 4.12. The molecule has 0 saturated carbocycles. The van der Waals surface area contributed by atoms with Crippen molar-refractivity contribution < 1.29 is 9.85 Å². The summed E-state index contributed by atoms with van der Waals surface area (Å²) in [6.45, 7) is 0. The van der Waals surface area contributed by atoms with Gasteiger partial charge in [0.25, 0.3) is 0 Å². The maximum absolute atomic E-state index is 10.4. The van der Waals surface area contributed by atoms with Gasteiger partial charge in [-0.3, -0.25) is 20.2 Å². The van der Waals surface area contributed by atoms with Crippen LogP contribution in [0.5, 0.6) is 0 Å². The van der Waals surface area contributed by atoms with Crippen LogP contribution in [0.2, 0.25) is 0 Å². The van der Waals surface area contributed by atoms with Crippen molar-refractivity contribution >= 4 is 0 Å². The Labute approximate surface area is 84.9 Å². The highest BCUT2D eigenvalue weighted by Crippen LogP contribution is 2.14. The van der Waals surface area contributed by atoms with Crippen molar-refractivity contribution in [3.8, 4) is 0 Å². The first kappa shape index (κ1) is 13.6. The second kappa shape index (κ2) is 4.44. The Kier molecular flexibility index (Phi) is 4.04. The highest BCUT2D eigenvalue weighted by molar-refractivity contribution is 4.69. The average molecular weight is 222 g/mol. The molecule has 0 aromatic rings. The van der Waals surface area contributed by atoms with Crippen LogP contribution in [0.4, 0.5) is 0 Å². The molecule has 0 aliphatic carbocycles. The summed E-state index contributed by atoms with van der Waals surface area (Å²) < 4.78 is 0. The van der Waals surface area contributed by atoms with Gasteiger partial charge in [-0.25, -0.2) is 0 Å². The van der Waals surface area contributed by atoms with E-state index in [9.17, 15) is 20.2 Å². The molecular formula is C5H14N6O4. The summed E-state index contributed by atoms with van der Waals surface area (Å²) in [6.07, 6.45) is -0.504. The molecule has 0 aromatic heterocycles. The molecule has 0 aliphatic heterocycles. The minimum atomic E-state index is -2.70. The van der Waals surface area contributed by atoms with Crippen LogP contribution in [0.25, 0.3) is 0 Å². The number of hydrogen-bond donors (Lipinski definition) is 4. The van der Waals surface area contributed by atoms with Crippen LogP contribution in [0.1, 0.15) is 19.3 Å². The third-order valence-electron chi connectivity index (χ3n) is 1.79. The number of hydrogen-bond acceptors (Lipinski definition) is 8. The molecule has 0 amide bonds. The zero-order valence-electron chi connectivity index (χ0n) is 7.96. The fraction of sp³-hybridized carbons (Fsp3) is 1.00. The average Bonchev–Trinajstić information content (AvgIpc) is 2.00. The zero-order valence-corrected chi connectivity index (χ0v) is 7.96. The molecule has 15 heavy (non-hydrogen) atoms. The van der Waals surface area contributed by atoms with Crippen molar-refractivity contribution in [1.82, 2.24) is 0 Å². The molecule has 0 aromatic carbocycles. The summed E-state index contributed by atoms with van der Waals surface area (Å²) in [5.74, 6) is -4.21. The number of rotatable bonds is 6. The van der Waals surface area contributed by atoms with E-state index in [0.29, 0.717) is 0 Å². The largest absolute Gasteiger partial charge is 0.518 e. The van der Waals surface area contributed by atoms with E-state index in [1.165, 1.54) is 0 Å². The molecule has 10 heteroatoms. The van der Waals surface area contributed by atoms with Gasteiger partial charge in [-0.15, -0.1) is 0 Å². The molecule has 0 saturated heterocycles. The van der Waals surface area contributed by atoms with Gasteiger partial charge in [0.15, 0.2) is 0 Å². The van der Waals surface area contributed by atoms with Crippen molar-refractivity contribution in [3.63, 3.8) is 0 Å². The SMILES string of the molecule is NC(N)(N)CCCC(N)([N+](=O)[O-])[N+](=O)[O-]. The lowest BCUT2D eigenvalue weighted by atomic mass is 10.1. The minimum absolute atomic E-state index is 0.00632. The van der Waals surface area contributed by atoms with Gasteiger partial charge < -0.3 is 17.2 Å². The van der Waals surface area contributed by atoms with Crippen molar-refractivity contribution in [3.05, 3.63) is 20.2 Å². The predicted octanol–water partition coefficient (Wildman–Crippen LogP) is -2.15. The van der Waals surface area contributed by atoms with E-state index in [2.05, 4.69) is 0 Å². The summed E-state index contributed by atoms with van der Waals surface area (Å²) >= 11 is 0. The first-order chi connectivity index (χ1) is 6.59. The smallest absolute Gasteiger partial charge is 0.301 e. The van der Waals surface area contributed by atoms with E-state index in [1.807, 2.05) is 0 Å². The predicted molar refractivity (Wildman–Crippen MR) is 50.1 cm³/mol. The van der Waals surface area contributed by atoms with Gasteiger partial charge in [0.1, 0.15) is 22.1 Å². The van der Waals surface area contributed by atoms with Crippen LogP contribution in [-0.2, 0) is 0 Å². The molecule has 0 heterocycles. The Morgan fingerprint density at radius 1 is 0.933 bits per heavy atom. The maximum Gasteiger partial charge on any atom is 0.518 e. The summed E-state index contributed by atoms with van der Waals surface area (Å²) in [6, 6.07) is 0. The Morgan fingerprint density at radius 2 is 1.33 bits per heavy atom. The van der Waals surface area contributed by atoms with E-state index in [0.717, 1.165) is 0 Å². The molecular weight excluding hydrogens is 208 g/mol. The highest BCUT2D eigenvalue weighted by Gasteiger charge is 2.51. The van der Waals surface area contributed by atoms with Crippen LogP contribution in [0, 0.1) is 20.2 Å². The van der Waals surface area contributed by atoms with Crippen LogP contribution < -0.4 is 22.9 Å². The molecule has 88 valence electrons. The number of nitrogens with two attached hydrogens (primary N) is 4. The summed E-state index contributed by atoms with van der Waals surface area (Å²) in [5.41, 5.74) is 20.6. The Hall–Kier alpha value is -1.36. The monoisotopic (exact) mass is 222 g/mol. The second-order valence-electron chi connectivity index (χ2n) is 3.36.